The molecule has 132 valence electrons. The number of carbonyl (C=O) groups is 2. The number of hydrogen-bond donors (Lipinski definition) is 2. The minimum Gasteiger partial charge on any atom is -0.496 e. The molecular formula is C19H21IN2O3. The zero-order chi connectivity index (χ0) is 18.6. The molecule has 0 aromatic heterocycles. The molecule has 0 bridgehead atoms. The van der Waals surface area contributed by atoms with Crippen molar-refractivity contribution < 1.29 is 14.3 Å². The van der Waals surface area contributed by atoms with Crippen molar-refractivity contribution in [1.82, 2.24) is 10.9 Å². The number of hydrazine groups is 1. The third kappa shape index (κ3) is 4.94. The van der Waals surface area contributed by atoms with Gasteiger partial charge >= 0.3 is 0 Å². The summed E-state index contributed by atoms with van der Waals surface area (Å²) in [6, 6.07) is 12.4. The average Bonchev–Trinajstić information content (AvgIpc) is 2.58. The number of hydrogen-bond acceptors (Lipinski definition) is 3. The zero-order valence-corrected chi connectivity index (χ0v) is 16.8. The van der Waals surface area contributed by atoms with Crippen LogP contribution in [0.3, 0.4) is 0 Å². The van der Waals surface area contributed by atoms with E-state index in [0.29, 0.717) is 16.9 Å². The summed E-state index contributed by atoms with van der Waals surface area (Å²) < 4.78 is 5.98. The average molecular weight is 452 g/mol. The SMILES string of the molecule is COc1ccc(C(=O)NNC(=O)c2ccc(C(C)(C)C)cc2)cc1I. The molecule has 2 aromatic rings. The van der Waals surface area contributed by atoms with Gasteiger partial charge in [0, 0.05) is 11.1 Å². The van der Waals surface area contributed by atoms with Crippen LogP contribution in [0.15, 0.2) is 42.5 Å². The summed E-state index contributed by atoms with van der Waals surface area (Å²) in [5.74, 6) is -0.0580. The Morgan fingerprint density at radius 2 is 1.44 bits per heavy atom. The van der Waals surface area contributed by atoms with Crippen molar-refractivity contribution in [3.05, 3.63) is 62.7 Å². The number of rotatable bonds is 3. The fourth-order valence-electron chi connectivity index (χ4n) is 2.19. The van der Waals surface area contributed by atoms with E-state index in [4.69, 9.17) is 4.74 Å². The van der Waals surface area contributed by atoms with Crippen molar-refractivity contribution in [3.63, 3.8) is 0 Å². The highest BCUT2D eigenvalue weighted by Gasteiger charge is 2.15. The monoisotopic (exact) mass is 452 g/mol. The van der Waals surface area contributed by atoms with E-state index in [1.807, 2.05) is 12.1 Å². The molecule has 0 fully saturated rings. The van der Waals surface area contributed by atoms with E-state index in [0.717, 1.165) is 9.13 Å². The summed E-state index contributed by atoms with van der Waals surface area (Å²) in [5, 5.41) is 0. The van der Waals surface area contributed by atoms with Crippen LogP contribution in [-0.4, -0.2) is 18.9 Å². The first-order valence-electron chi connectivity index (χ1n) is 7.77. The van der Waals surface area contributed by atoms with Crippen LogP contribution in [0.2, 0.25) is 0 Å². The fraction of sp³-hybridized carbons (Fsp3) is 0.263. The molecule has 0 aliphatic carbocycles. The number of methoxy groups -OCH3 is 1. The van der Waals surface area contributed by atoms with E-state index in [-0.39, 0.29) is 17.2 Å². The minimum absolute atomic E-state index is 0.0226. The van der Waals surface area contributed by atoms with Crippen LogP contribution in [-0.2, 0) is 5.41 Å². The van der Waals surface area contributed by atoms with E-state index in [9.17, 15) is 9.59 Å². The quantitative estimate of drug-likeness (QED) is 0.552. The number of ether oxygens (including phenoxy) is 1. The standard InChI is InChI=1S/C19H21IN2O3/c1-19(2,3)14-8-5-12(6-9-14)17(23)21-22-18(24)13-7-10-16(25-4)15(20)11-13/h5-11H,1-4H3,(H,21,23)(H,22,24). The number of carbonyl (C=O) groups excluding carboxylic acids is 2. The van der Waals surface area contributed by atoms with Crippen molar-refractivity contribution in [1.29, 1.82) is 0 Å². The van der Waals surface area contributed by atoms with Gasteiger partial charge in [0.1, 0.15) is 5.75 Å². The van der Waals surface area contributed by atoms with Crippen molar-refractivity contribution in [2.45, 2.75) is 26.2 Å². The zero-order valence-electron chi connectivity index (χ0n) is 14.6. The molecule has 0 unspecified atom stereocenters. The van der Waals surface area contributed by atoms with Gasteiger partial charge in [0.25, 0.3) is 11.8 Å². The van der Waals surface area contributed by atoms with Gasteiger partial charge in [-0.2, -0.15) is 0 Å². The van der Waals surface area contributed by atoms with Gasteiger partial charge in [-0.3, -0.25) is 20.4 Å². The lowest BCUT2D eigenvalue weighted by Gasteiger charge is -2.19. The molecule has 0 spiro atoms. The van der Waals surface area contributed by atoms with Crippen LogP contribution >= 0.6 is 22.6 Å². The molecule has 6 heteroatoms. The summed E-state index contributed by atoms with van der Waals surface area (Å²) in [5.41, 5.74) is 6.94. The molecule has 2 amide bonds. The lowest BCUT2D eigenvalue weighted by atomic mass is 9.87. The molecule has 0 radical (unpaired) electrons. The summed E-state index contributed by atoms with van der Waals surface area (Å²) in [6.45, 7) is 6.33. The van der Waals surface area contributed by atoms with Crippen molar-refractivity contribution >= 4 is 34.4 Å². The van der Waals surface area contributed by atoms with Gasteiger partial charge in [0.15, 0.2) is 0 Å². The molecule has 0 aliphatic heterocycles. The fourth-order valence-corrected chi connectivity index (χ4v) is 2.92. The number of halogens is 1. The number of amides is 2. The highest BCUT2D eigenvalue weighted by atomic mass is 127. The largest absolute Gasteiger partial charge is 0.496 e. The van der Waals surface area contributed by atoms with E-state index < -0.39 is 0 Å². The van der Waals surface area contributed by atoms with Crippen LogP contribution in [0.1, 0.15) is 47.1 Å². The summed E-state index contributed by atoms with van der Waals surface area (Å²) in [6.07, 6.45) is 0. The summed E-state index contributed by atoms with van der Waals surface area (Å²) >= 11 is 2.09. The summed E-state index contributed by atoms with van der Waals surface area (Å²) in [7, 11) is 1.57. The Kier molecular flexibility index (Phi) is 6.05. The molecule has 2 aromatic carbocycles. The maximum Gasteiger partial charge on any atom is 0.269 e. The smallest absolute Gasteiger partial charge is 0.269 e. The minimum atomic E-state index is -0.389. The molecule has 0 aliphatic rings. The van der Waals surface area contributed by atoms with Crippen molar-refractivity contribution in [2.75, 3.05) is 7.11 Å². The van der Waals surface area contributed by atoms with Crippen LogP contribution in [0, 0.1) is 3.57 Å². The van der Waals surface area contributed by atoms with E-state index >= 15 is 0 Å². The van der Waals surface area contributed by atoms with Gasteiger partial charge in [-0.25, -0.2) is 0 Å². The third-order valence-electron chi connectivity index (χ3n) is 3.72. The van der Waals surface area contributed by atoms with Crippen molar-refractivity contribution in [2.24, 2.45) is 0 Å². The van der Waals surface area contributed by atoms with Crippen LogP contribution < -0.4 is 15.6 Å². The van der Waals surface area contributed by atoms with Gasteiger partial charge in [-0.1, -0.05) is 32.9 Å². The Bertz CT molecular complexity index is 780. The molecule has 0 saturated carbocycles. The molecular weight excluding hydrogens is 431 g/mol. The molecule has 0 saturated heterocycles. The lowest BCUT2D eigenvalue weighted by Crippen LogP contribution is -2.41. The number of nitrogens with one attached hydrogen (secondary N) is 2. The molecule has 2 rings (SSSR count). The van der Waals surface area contributed by atoms with E-state index in [1.165, 1.54) is 0 Å². The molecule has 0 heterocycles. The van der Waals surface area contributed by atoms with Gasteiger partial charge in [-0.15, -0.1) is 0 Å². The van der Waals surface area contributed by atoms with Crippen molar-refractivity contribution in [3.8, 4) is 5.75 Å². The second-order valence-electron chi connectivity index (χ2n) is 6.58. The first kappa shape index (κ1) is 19.2. The van der Waals surface area contributed by atoms with E-state index in [1.54, 1.807) is 37.4 Å². The van der Waals surface area contributed by atoms with Crippen LogP contribution in [0.25, 0.3) is 0 Å². The second kappa shape index (κ2) is 7.86. The van der Waals surface area contributed by atoms with Gasteiger partial charge in [-0.05, 0) is 63.9 Å². The van der Waals surface area contributed by atoms with Gasteiger partial charge < -0.3 is 4.74 Å². The predicted molar refractivity (Wildman–Crippen MR) is 106 cm³/mol. The highest BCUT2D eigenvalue weighted by Crippen LogP contribution is 2.22. The normalized spacial score (nSPS) is 10.9. The Hall–Kier alpha value is -2.09. The molecule has 2 N–H and O–H groups in total. The third-order valence-corrected chi connectivity index (χ3v) is 4.56. The highest BCUT2D eigenvalue weighted by molar-refractivity contribution is 14.1. The van der Waals surface area contributed by atoms with Crippen LogP contribution in [0.5, 0.6) is 5.75 Å². The first-order chi connectivity index (χ1) is 11.7. The second-order valence-corrected chi connectivity index (χ2v) is 7.75. The maximum absolute atomic E-state index is 12.2. The van der Waals surface area contributed by atoms with Gasteiger partial charge in [0.2, 0.25) is 0 Å². The Balaban J connectivity index is 1.99. The Labute approximate surface area is 161 Å². The summed E-state index contributed by atoms with van der Waals surface area (Å²) in [4.78, 5) is 24.3. The first-order valence-corrected chi connectivity index (χ1v) is 8.85. The molecule has 5 nitrogen and oxygen atoms in total. The predicted octanol–water partition coefficient (Wildman–Crippen LogP) is 3.67. The number of benzene rings is 2. The van der Waals surface area contributed by atoms with Gasteiger partial charge in [0.05, 0.1) is 10.7 Å². The molecule has 25 heavy (non-hydrogen) atoms. The van der Waals surface area contributed by atoms with Crippen LogP contribution in [0.4, 0.5) is 0 Å². The molecule has 0 atom stereocenters. The Morgan fingerprint density at radius 3 is 1.92 bits per heavy atom. The van der Waals surface area contributed by atoms with E-state index in [2.05, 4.69) is 54.2 Å². The Morgan fingerprint density at radius 1 is 0.920 bits per heavy atom. The topological polar surface area (TPSA) is 67.4 Å². The lowest BCUT2D eigenvalue weighted by molar-refractivity contribution is 0.0846. The maximum atomic E-state index is 12.2.